The number of carbonyl (C=O) groups excluding carboxylic acids is 1. The molecule has 0 unspecified atom stereocenters. The van der Waals surface area contributed by atoms with E-state index in [-0.39, 0.29) is 16.9 Å². The van der Waals surface area contributed by atoms with Crippen LogP contribution in [0.2, 0.25) is 0 Å². The van der Waals surface area contributed by atoms with E-state index in [0.29, 0.717) is 11.3 Å². The van der Waals surface area contributed by atoms with Crippen LogP contribution in [0.1, 0.15) is 35.3 Å². The minimum atomic E-state index is -0.766. The molecule has 1 aliphatic heterocycles. The van der Waals surface area contributed by atoms with E-state index >= 15 is 0 Å². The Morgan fingerprint density at radius 3 is 2.68 bits per heavy atom. The van der Waals surface area contributed by atoms with Gasteiger partial charge in [0.05, 0.1) is 11.1 Å². The molecule has 0 aromatic heterocycles. The number of halogens is 2. The summed E-state index contributed by atoms with van der Waals surface area (Å²) in [4.78, 5) is 12.3. The van der Waals surface area contributed by atoms with Gasteiger partial charge in [-0.25, -0.2) is 8.78 Å². The van der Waals surface area contributed by atoms with Crippen molar-refractivity contribution >= 4 is 17.9 Å². The maximum Gasteiger partial charge on any atom is 0.189 e. The molecule has 0 radical (unpaired) electrons. The normalized spacial score (nSPS) is 15.0. The van der Waals surface area contributed by atoms with Gasteiger partial charge in [-0.2, -0.15) is 0 Å². The van der Waals surface area contributed by atoms with Gasteiger partial charge in [0.2, 0.25) is 0 Å². The molecule has 0 atom stereocenters. The molecule has 0 spiro atoms. The van der Waals surface area contributed by atoms with E-state index in [9.17, 15) is 18.7 Å². The lowest BCUT2D eigenvalue weighted by Gasteiger charge is -2.28. The van der Waals surface area contributed by atoms with Crippen molar-refractivity contribution in [2.24, 2.45) is 0 Å². The van der Waals surface area contributed by atoms with Crippen LogP contribution in [-0.2, 0) is 0 Å². The zero-order valence-electron chi connectivity index (χ0n) is 13.7. The van der Waals surface area contributed by atoms with Crippen molar-refractivity contribution < 1.29 is 23.4 Å². The molecule has 3 nitrogen and oxygen atoms in total. The fourth-order valence-electron chi connectivity index (χ4n) is 2.53. The van der Waals surface area contributed by atoms with Crippen LogP contribution < -0.4 is 4.74 Å². The van der Waals surface area contributed by atoms with Crippen LogP contribution in [-0.4, -0.2) is 16.5 Å². The summed E-state index contributed by atoms with van der Waals surface area (Å²) in [6.07, 6.45) is 5.86. The summed E-state index contributed by atoms with van der Waals surface area (Å²) < 4.78 is 32.2. The SMILES string of the molecule is CC1(C)C=Cc2c(ccc(C(=O)/C=C/c3ccc(F)cc3F)c2O)O1. The van der Waals surface area contributed by atoms with Crippen LogP contribution in [0, 0.1) is 11.6 Å². The highest BCUT2D eigenvalue weighted by Gasteiger charge is 2.25. The number of hydrogen-bond acceptors (Lipinski definition) is 3. The predicted molar refractivity (Wildman–Crippen MR) is 91.6 cm³/mol. The van der Waals surface area contributed by atoms with Crippen molar-refractivity contribution in [3.63, 3.8) is 0 Å². The van der Waals surface area contributed by atoms with Gasteiger partial charge in [0.1, 0.15) is 28.7 Å². The number of hydrogen-bond donors (Lipinski definition) is 1. The van der Waals surface area contributed by atoms with Crippen molar-refractivity contribution in [3.05, 3.63) is 70.8 Å². The highest BCUT2D eigenvalue weighted by Crippen LogP contribution is 2.38. The zero-order valence-corrected chi connectivity index (χ0v) is 13.7. The Balaban J connectivity index is 1.90. The maximum absolute atomic E-state index is 13.6. The predicted octanol–water partition coefficient (Wildman–Crippen LogP) is 4.75. The van der Waals surface area contributed by atoms with Gasteiger partial charge in [0.25, 0.3) is 0 Å². The highest BCUT2D eigenvalue weighted by atomic mass is 19.1. The minimum absolute atomic E-state index is 0.0745. The number of phenolic OH excluding ortho intramolecular Hbond substituents is 1. The van der Waals surface area contributed by atoms with Crippen LogP contribution in [0.3, 0.4) is 0 Å². The van der Waals surface area contributed by atoms with Gasteiger partial charge in [-0.05, 0) is 62.4 Å². The molecule has 2 aromatic rings. The van der Waals surface area contributed by atoms with Crippen molar-refractivity contribution in [2.75, 3.05) is 0 Å². The molecule has 0 saturated heterocycles. The summed E-state index contributed by atoms with van der Waals surface area (Å²) in [5.41, 5.74) is 0.0829. The van der Waals surface area contributed by atoms with E-state index < -0.39 is 23.0 Å². The molecule has 2 aromatic carbocycles. The molecule has 0 fully saturated rings. The third kappa shape index (κ3) is 3.45. The van der Waals surface area contributed by atoms with Gasteiger partial charge < -0.3 is 9.84 Å². The second kappa shape index (κ2) is 6.16. The van der Waals surface area contributed by atoms with Crippen molar-refractivity contribution in [1.82, 2.24) is 0 Å². The van der Waals surface area contributed by atoms with Crippen LogP contribution in [0.4, 0.5) is 8.78 Å². The zero-order chi connectivity index (χ0) is 18.2. The number of ketones is 1. The first-order valence-corrected chi connectivity index (χ1v) is 7.68. The molecular formula is C20H16F2O3. The third-order valence-electron chi connectivity index (χ3n) is 3.84. The highest BCUT2D eigenvalue weighted by molar-refractivity contribution is 6.09. The molecule has 0 aliphatic carbocycles. The standard InChI is InChI=1S/C20H16F2O3/c1-20(2)10-9-15-18(25-20)8-6-14(19(15)24)17(23)7-4-12-3-5-13(21)11-16(12)22/h3-11,24H,1-2H3/b7-4+. The summed E-state index contributed by atoms with van der Waals surface area (Å²) in [6.45, 7) is 3.76. The summed E-state index contributed by atoms with van der Waals surface area (Å²) in [5, 5.41) is 10.4. The van der Waals surface area contributed by atoms with Gasteiger partial charge in [-0.1, -0.05) is 0 Å². The van der Waals surface area contributed by atoms with Crippen LogP contribution in [0.15, 0.2) is 42.5 Å². The lowest BCUT2D eigenvalue weighted by atomic mass is 9.98. The molecule has 0 bridgehead atoms. The maximum atomic E-state index is 13.6. The first kappa shape index (κ1) is 16.9. The number of ether oxygens (including phenoxy) is 1. The molecule has 3 rings (SSSR count). The Labute approximate surface area is 143 Å². The van der Waals surface area contributed by atoms with E-state index in [0.717, 1.165) is 18.2 Å². The van der Waals surface area contributed by atoms with Crippen LogP contribution in [0.25, 0.3) is 12.2 Å². The monoisotopic (exact) mass is 342 g/mol. The first-order chi connectivity index (χ1) is 11.8. The molecule has 0 amide bonds. The summed E-state index contributed by atoms with van der Waals surface area (Å²) in [7, 11) is 0. The smallest absolute Gasteiger partial charge is 0.189 e. The molecule has 25 heavy (non-hydrogen) atoms. The summed E-state index contributed by atoms with van der Waals surface area (Å²) in [5.74, 6) is -1.67. The van der Waals surface area contributed by atoms with Crippen molar-refractivity contribution in [2.45, 2.75) is 19.4 Å². The molecular weight excluding hydrogens is 326 g/mol. The minimum Gasteiger partial charge on any atom is -0.506 e. The van der Waals surface area contributed by atoms with Crippen LogP contribution in [0.5, 0.6) is 11.5 Å². The number of benzene rings is 2. The van der Waals surface area contributed by atoms with Crippen LogP contribution >= 0.6 is 0 Å². The number of fused-ring (bicyclic) bond motifs is 1. The van der Waals surface area contributed by atoms with Gasteiger partial charge in [-0.15, -0.1) is 0 Å². The van der Waals surface area contributed by atoms with Gasteiger partial charge in [0, 0.05) is 11.6 Å². The first-order valence-electron chi connectivity index (χ1n) is 7.68. The van der Waals surface area contributed by atoms with E-state index in [1.54, 1.807) is 18.2 Å². The van der Waals surface area contributed by atoms with Crippen molar-refractivity contribution in [3.8, 4) is 11.5 Å². The molecule has 1 aliphatic rings. The number of allylic oxidation sites excluding steroid dienone is 1. The fraction of sp³-hybridized carbons (Fsp3) is 0.150. The Morgan fingerprint density at radius 2 is 1.96 bits per heavy atom. The Kier molecular flexibility index (Phi) is 4.17. The quantitative estimate of drug-likeness (QED) is 0.647. The third-order valence-corrected chi connectivity index (χ3v) is 3.84. The molecule has 1 heterocycles. The second-order valence-electron chi connectivity index (χ2n) is 6.28. The molecule has 1 N–H and O–H groups in total. The van der Waals surface area contributed by atoms with E-state index in [4.69, 9.17) is 4.74 Å². The topological polar surface area (TPSA) is 46.5 Å². The van der Waals surface area contributed by atoms with Gasteiger partial charge in [-0.3, -0.25) is 4.79 Å². The lowest BCUT2D eigenvalue weighted by molar-refractivity contribution is 0.104. The molecule has 128 valence electrons. The average Bonchev–Trinajstić information content (AvgIpc) is 2.53. The van der Waals surface area contributed by atoms with E-state index in [1.165, 1.54) is 18.2 Å². The average molecular weight is 342 g/mol. The summed E-state index contributed by atoms with van der Waals surface area (Å²) >= 11 is 0. The Morgan fingerprint density at radius 1 is 1.20 bits per heavy atom. The van der Waals surface area contributed by atoms with Crippen molar-refractivity contribution in [1.29, 1.82) is 0 Å². The van der Waals surface area contributed by atoms with Gasteiger partial charge >= 0.3 is 0 Å². The Bertz CT molecular complexity index is 911. The molecule has 0 saturated carbocycles. The fourth-order valence-corrected chi connectivity index (χ4v) is 2.53. The molecule has 5 heteroatoms. The Hall–Kier alpha value is -2.95. The second-order valence-corrected chi connectivity index (χ2v) is 6.28. The lowest BCUT2D eigenvalue weighted by Crippen LogP contribution is -2.27. The summed E-state index contributed by atoms with van der Waals surface area (Å²) in [6, 6.07) is 6.15. The van der Waals surface area contributed by atoms with E-state index in [2.05, 4.69) is 0 Å². The van der Waals surface area contributed by atoms with E-state index in [1.807, 2.05) is 13.8 Å². The number of phenols is 1. The number of carbonyl (C=O) groups is 1. The number of rotatable bonds is 3. The van der Waals surface area contributed by atoms with Gasteiger partial charge in [0.15, 0.2) is 5.78 Å². The largest absolute Gasteiger partial charge is 0.506 e. The number of aromatic hydroxyl groups is 1.